The smallest absolute Gasteiger partial charge is 0.233 e. The maximum absolute atomic E-state index is 12.6. The molecule has 3 nitrogen and oxygen atoms in total. The van der Waals surface area contributed by atoms with Gasteiger partial charge in [-0.05, 0) is 43.2 Å². The molecule has 0 saturated heterocycles. The molecule has 0 aliphatic carbocycles. The SMILES string of the molecule is C=CCN(Cc1ccc(C#N)cc1)C(=O)CSc1cc(C)ccc1C. The third-order valence-electron chi connectivity index (χ3n) is 3.85. The molecule has 0 unspecified atom stereocenters. The summed E-state index contributed by atoms with van der Waals surface area (Å²) >= 11 is 1.57. The van der Waals surface area contributed by atoms with Gasteiger partial charge in [-0.1, -0.05) is 35.9 Å². The number of rotatable bonds is 7. The zero-order chi connectivity index (χ0) is 18.2. The van der Waals surface area contributed by atoms with Crippen LogP contribution in [0.5, 0.6) is 0 Å². The van der Waals surface area contributed by atoms with Gasteiger partial charge in [-0.2, -0.15) is 5.26 Å². The normalized spacial score (nSPS) is 10.1. The van der Waals surface area contributed by atoms with Gasteiger partial charge in [-0.15, -0.1) is 18.3 Å². The zero-order valence-electron chi connectivity index (χ0n) is 14.7. The van der Waals surface area contributed by atoms with Crippen LogP contribution in [0, 0.1) is 25.2 Å². The maximum Gasteiger partial charge on any atom is 0.233 e. The van der Waals surface area contributed by atoms with E-state index in [-0.39, 0.29) is 5.91 Å². The third-order valence-corrected chi connectivity index (χ3v) is 5.00. The number of amides is 1. The largest absolute Gasteiger partial charge is 0.334 e. The van der Waals surface area contributed by atoms with Crippen molar-refractivity contribution in [2.24, 2.45) is 0 Å². The molecule has 0 N–H and O–H groups in total. The number of thioether (sulfide) groups is 1. The first-order valence-corrected chi connectivity index (χ1v) is 9.10. The summed E-state index contributed by atoms with van der Waals surface area (Å²) in [6.45, 7) is 8.89. The Kier molecular flexibility index (Phi) is 6.85. The summed E-state index contributed by atoms with van der Waals surface area (Å²) in [6.07, 6.45) is 1.74. The van der Waals surface area contributed by atoms with E-state index in [9.17, 15) is 4.79 Å². The fourth-order valence-corrected chi connectivity index (χ4v) is 3.44. The van der Waals surface area contributed by atoms with Crippen LogP contribution >= 0.6 is 11.8 Å². The van der Waals surface area contributed by atoms with Crippen molar-refractivity contribution in [2.75, 3.05) is 12.3 Å². The fraction of sp³-hybridized carbons (Fsp3) is 0.238. The van der Waals surface area contributed by atoms with Gasteiger partial charge in [0.1, 0.15) is 0 Å². The summed E-state index contributed by atoms with van der Waals surface area (Å²) in [5, 5.41) is 8.87. The van der Waals surface area contributed by atoms with Crippen molar-refractivity contribution in [1.29, 1.82) is 5.26 Å². The second-order valence-corrected chi connectivity index (χ2v) is 6.95. The first-order valence-electron chi connectivity index (χ1n) is 8.11. The Morgan fingerprint density at radius 2 is 1.96 bits per heavy atom. The van der Waals surface area contributed by atoms with Gasteiger partial charge in [0.2, 0.25) is 5.91 Å². The van der Waals surface area contributed by atoms with E-state index < -0.39 is 0 Å². The molecule has 2 aromatic rings. The molecule has 128 valence electrons. The van der Waals surface area contributed by atoms with Crippen LogP contribution in [-0.4, -0.2) is 23.1 Å². The molecule has 0 aliphatic heterocycles. The molecule has 0 bridgehead atoms. The lowest BCUT2D eigenvalue weighted by atomic mass is 10.1. The van der Waals surface area contributed by atoms with Gasteiger partial charge in [0.25, 0.3) is 0 Å². The molecule has 0 heterocycles. The number of nitriles is 1. The first-order chi connectivity index (χ1) is 12.0. The number of carbonyl (C=O) groups is 1. The van der Waals surface area contributed by atoms with Crippen LogP contribution in [0.4, 0.5) is 0 Å². The van der Waals surface area contributed by atoms with Gasteiger partial charge in [-0.3, -0.25) is 4.79 Å². The highest BCUT2D eigenvalue weighted by Gasteiger charge is 2.14. The van der Waals surface area contributed by atoms with E-state index in [1.54, 1.807) is 34.9 Å². The van der Waals surface area contributed by atoms with Crippen molar-refractivity contribution in [3.8, 4) is 6.07 Å². The van der Waals surface area contributed by atoms with Crippen LogP contribution in [0.2, 0.25) is 0 Å². The molecule has 0 aromatic heterocycles. The Labute approximate surface area is 154 Å². The maximum atomic E-state index is 12.6. The van der Waals surface area contributed by atoms with Gasteiger partial charge in [0.15, 0.2) is 0 Å². The summed E-state index contributed by atoms with van der Waals surface area (Å²) in [5.41, 5.74) is 4.01. The summed E-state index contributed by atoms with van der Waals surface area (Å²) < 4.78 is 0. The summed E-state index contributed by atoms with van der Waals surface area (Å²) in [6, 6.07) is 15.7. The molecule has 2 rings (SSSR count). The molecular weight excluding hydrogens is 328 g/mol. The number of aryl methyl sites for hydroxylation is 2. The Morgan fingerprint density at radius 1 is 1.24 bits per heavy atom. The van der Waals surface area contributed by atoms with Gasteiger partial charge in [0.05, 0.1) is 17.4 Å². The lowest BCUT2D eigenvalue weighted by Crippen LogP contribution is -2.32. The summed E-state index contributed by atoms with van der Waals surface area (Å²) in [4.78, 5) is 15.6. The minimum Gasteiger partial charge on any atom is -0.334 e. The topological polar surface area (TPSA) is 44.1 Å². The lowest BCUT2D eigenvalue weighted by Gasteiger charge is -2.21. The van der Waals surface area contributed by atoms with Crippen LogP contribution in [0.15, 0.2) is 60.0 Å². The van der Waals surface area contributed by atoms with Crippen molar-refractivity contribution in [2.45, 2.75) is 25.3 Å². The van der Waals surface area contributed by atoms with Gasteiger partial charge >= 0.3 is 0 Å². The van der Waals surface area contributed by atoms with Crippen molar-refractivity contribution in [3.63, 3.8) is 0 Å². The van der Waals surface area contributed by atoms with Gasteiger partial charge < -0.3 is 4.90 Å². The fourth-order valence-electron chi connectivity index (χ4n) is 2.41. The molecule has 0 radical (unpaired) electrons. The number of nitrogens with zero attached hydrogens (tertiary/aromatic N) is 2. The van der Waals surface area contributed by atoms with Crippen LogP contribution in [-0.2, 0) is 11.3 Å². The highest BCUT2D eigenvalue weighted by atomic mass is 32.2. The highest BCUT2D eigenvalue weighted by molar-refractivity contribution is 8.00. The first kappa shape index (κ1) is 18.8. The van der Waals surface area contributed by atoms with Gasteiger partial charge in [0, 0.05) is 18.0 Å². The average Bonchev–Trinajstić information content (AvgIpc) is 2.62. The van der Waals surface area contributed by atoms with E-state index in [1.807, 2.05) is 12.1 Å². The molecular formula is C21H22N2OS. The van der Waals surface area contributed by atoms with Gasteiger partial charge in [-0.25, -0.2) is 0 Å². The lowest BCUT2D eigenvalue weighted by molar-refractivity contribution is -0.128. The van der Waals surface area contributed by atoms with Crippen LogP contribution in [0.3, 0.4) is 0 Å². The Balaban J connectivity index is 2.02. The van der Waals surface area contributed by atoms with E-state index in [2.05, 4.69) is 44.7 Å². The molecule has 2 aromatic carbocycles. The van der Waals surface area contributed by atoms with Crippen molar-refractivity contribution in [1.82, 2.24) is 4.90 Å². The number of hydrogen-bond acceptors (Lipinski definition) is 3. The average molecular weight is 350 g/mol. The second-order valence-electron chi connectivity index (χ2n) is 5.93. The van der Waals surface area contributed by atoms with Crippen molar-refractivity contribution >= 4 is 17.7 Å². The predicted octanol–water partition coefficient (Wildman–Crippen LogP) is 4.48. The van der Waals surface area contributed by atoms with Crippen molar-refractivity contribution < 1.29 is 4.79 Å². The monoisotopic (exact) mass is 350 g/mol. The standard InChI is InChI=1S/C21H22N2OS/c1-4-11-23(14-19-9-7-18(13-22)8-10-19)21(24)15-25-20-12-16(2)5-6-17(20)3/h4-10,12H,1,11,14-15H2,2-3H3. The molecule has 1 amide bonds. The quantitative estimate of drug-likeness (QED) is 0.546. The number of benzene rings is 2. The van der Waals surface area contributed by atoms with Crippen LogP contribution in [0.25, 0.3) is 0 Å². The molecule has 0 aliphatic rings. The van der Waals surface area contributed by atoms with E-state index in [0.29, 0.717) is 24.4 Å². The van der Waals surface area contributed by atoms with E-state index in [1.165, 1.54) is 11.1 Å². The van der Waals surface area contributed by atoms with E-state index in [4.69, 9.17) is 5.26 Å². The third kappa shape index (κ3) is 5.51. The van der Waals surface area contributed by atoms with Crippen LogP contribution < -0.4 is 0 Å². The van der Waals surface area contributed by atoms with Crippen LogP contribution in [0.1, 0.15) is 22.3 Å². The minimum absolute atomic E-state index is 0.0789. The molecule has 0 fully saturated rings. The Hall–Kier alpha value is -2.51. The Morgan fingerprint density at radius 3 is 2.60 bits per heavy atom. The molecule has 4 heteroatoms. The minimum atomic E-state index is 0.0789. The molecule has 0 spiro atoms. The Bertz CT molecular complexity index is 791. The van der Waals surface area contributed by atoms with E-state index in [0.717, 1.165) is 10.5 Å². The summed E-state index contributed by atoms with van der Waals surface area (Å²) in [7, 11) is 0. The second kappa shape index (κ2) is 9.10. The predicted molar refractivity (Wildman–Crippen MR) is 103 cm³/mol. The number of hydrogen-bond donors (Lipinski definition) is 0. The van der Waals surface area contributed by atoms with E-state index >= 15 is 0 Å². The van der Waals surface area contributed by atoms with Crippen molar-refractivity contribution in [3.05, 3.63) is 77.4 Å². The molecule has 0 atom stereocenters. The molecule has 0 saturated carbocycles. The molecule has 25 heavy (non-hydrogen) atoms. The summed E-state index contributed by atoms with van der Waals surface area (Å²) in [5.74, 6) is 0.476. The highest BCUT2D eigenvalue weighted by Crippen LogP contribution is 2.24. The number of carbonyl (C=O) groups excluding carboxylic acids is 1. The zero-order valence-corrected chi connectivity index (χ0v) is 15.5.